The van der Waals surface area contributed by atoms with Crippen LogP contribution in [0.4, 0.5) is 10.1 Å². The molecular weight excluding hydrogens is 251 g/mol. The molecule has 2 rings (SSSR count). The van der Waals surface area contributed by atoms with E-state index in [-0.39, 0.29) is 6.10 Å². The quantitative estimate of drug-likeness (QED) is 0.804. The minimum absolute atomic E-state index is 0.0115. The van der Waals surface area contributed by atoms with Crippen molar-refractivity contribution in [2.45, 2.75) is 18.9 Å². The number of anilines is 1. The molecular formula is C13H15FN2O3. The molecule has 1 aliphatic heterocycles. The van der Waals surface area contributed by atoms with Gasteiger partial charge in [-0.2, -0.15) is 0 Å². The van der Waals surface area contributed by atoms with Gasteiger partial charge in [0.05, 0.1) is 6.10 Å². The van der Waals surface area contributed by atoms with Crippen LogP contribution in [0.2, 0.25) is 0 Å². The van der Waals surface area contributed by atoms with Crippen LogP contribution in [0.25, 0.3) is 0 Å². The van der Waals surface area contributed by atoms with E-state index in [0.29, 0.717) is 18.8 Å². The lowest BCUT2D eigenvalue weighted by molar-refractivity contribution is -0.136. The van der Waals surface area contributed by atoms with E-state index in [1.807, 2.05) is 0 Å². The van der Waals surface area contributed by atoms with E-state index in [1.165, 1.54) is 24.3 Å². The maximum atomic E-state index is 12.7. The highest BCUT2D eigenvalue weighted by Gasteiger charge is 2.19. The molecule has 1 unspecified atom stereocenters. The molecule has 1 aliphatic rings. The van der Waals surface area contributed by atoms with Crippen LogP contribution >= 0.6 is 0 Å². The number of rotatable bonds is 3. The van der Waals surface area contributed by atoms with Gasteiger partial charge in [-0.15, -0.1) is 0 Å². The number of hydrogen-bond donors (Lipinski definition) is 2. The number of nitrogens with one attached hydrogen (secondary N) is 2. The highest BCUT2D eigenvalue weighted by Crippen LogP contribution is 2.10. The van der Waals surface area contributed by atoms with E-state index in [2.05, 4.69) is 10.6 Å². The van der Waals surface area contributed by atoms with Gasteiger partial charge >= 0.3 is 11.8 Å². The molecule has 6 heteroatoms. The number of benzene rings is 1. The van der Waals surface area contributed by atoms with Gasteiger partial charge in [-0.05, 0) is 37.1 Å². The Morgan fingerprint density at radius 1 is 1.26 bits per heavy atom. The fourth-order valence-corrected chi connectivity index (χ4v) is 1.81. The van der Waals surface area contributed by atoms with E-state index < -0.39 is 17.6 Å². The van der Waals surface area contributed by atoms with Gasteiger partial charge < -0.3 is 15.4 Å². The monoisotopic (exact) mass is 266 g/mol. The average Bonchev–Trinajstić information content (AvgIpc) is 2.91. The molecule has 102 valence electrons. The van der Waals surface area contributed by atoms with Crippen molar-refractivity contribution in [1.82, 2.24) is 5.32 Å². The lowest BCUT2D eigenvalue weighted by atomic mass is 10.2. The highest BCUT2D eigenvalue weighted by atomic mass is 19.1. The SMILES string of the molecule is O=C(NCC1CCCO1)C(=O)Nc1ccc(F)cc1. The molecule has 0 radical (unpaired) electrons. The molecule has 2 amide bonds. The molecule has 2 N–H and O–H groups in total. The normalized spacial score (nSPS) is 18.1. The van der Waals surface area contributed by atoms with Crippen molar-refractivity contribution in [3.05, 3.63) is 30.1 Å². The third-order valence-corrected chi connectivity index (χ3v) is 2.82. The molecule has 0 bridgehead atoms. The topological polar surface area (TPSA) is 67.4 Å². The Bertz CT molecular complexity index is 455. The average molecular weight is 266 g/mol. The third-order valence-electron chi connectivity index (χ3n) is 2.82. The summed E-state index contributed by atoms with van der Waals surface area (Å²) in [6, 6.07) is 5.20. The van der Waals surface area contributed by atoms with E-state index in [0.717, 1.165) is 12.8 Å². The van der Waals surface area contributed by atoms with Crippen molar-refractivity contribution in [2.75, 3.05) is 18.5 Å². The summed E-state index contributed by atoms with van der Waals surface area (Å²) in [7, 11) is 0. The van der Waals surface area contributed by atoms with Crippen molar-refractivity contribution in [2.24, 2.45) is 0 Å². The number of ether oxygens (including phenoxy) is 1. The molecule has 1 atom stereocenters. The van der Waals surface area contributed by atoms with Gasteiger partial charge in [0.25, 0.3) is 0 Å². The lowest BCUT2D eigenvalue weighted by Gasteiger charge is -2.10. The van der Waals surface area contributed by atoms with E-state index in [1.54, 1.807) is 0 Å². The molecule has 1 fully saturated rings. The third kappa shape index (κ3) is 4.03. The first kappa shape index (κ1) is 13.5. The van der Waals surface area contributed by atoms with Crippen molar-refractivity contribution in [3.63, 3.8) is 0 Å². The second-order valence-electron chi connectivity index (χ2n) is 4.31. The molecule has 0 saturated carbocycles. The molecule has 19 heavy (non-hydrogen) atoms. The van der Waals surface area contributed by atoms with Crippen molar-refractivity contribution in [3.8, 4) is 0 Å². The number of halogens is 1. The summed E-state index contributed by atoms with van der Waals surface area (Å²) in [5.41, 5.74) is 0.374. The molecule has 1 heterocycles. The number of amides is 2. The van der Waals surface area contributed by atoms with E-state index in [9.17, 15) is 14.0 Å². The van der Waals surface area contributed by atoms with Crippen molar-refractivity contribution >= 4 is 17.5 Å². The Morgan fingerprint density at radius 3 is 2.63 bits per heavy atom. The van der Waals surface area contributed by atoms with Crippen LogP contribution in [0.1, 0.15) is 12.8 Å². The molecule has 0 aromatic heterocycles. The summed E-state index contributed by atoms with van der Waals surface area (Å²) in [6.45, 7) is 1.03. The summed E-state index contributed by atoms with van der Waals surface area (Å²) in [5, 5.41) is 4.89. The Morgan fingerprint density at radius 2 is 2.00 bits per heavy atom. The number of carbonyl (C=O) groups is 2. The molecule has 0 aliphatic carbocycles. The smallest absolute Gasteiger partial charge is 0.313 e. The zero-order valence-electron chi connectivity index (χ0n) is 10.3. The lowest BCUT2D eigenvalue weighted by Crippen LogP contribution is -2.39. The van der Waals surface area contributed by atoms with Gasteiger partial charge in [0.1, 0.15) is 5.82 Å². The fourth-order valence-electron chi connectivity index (χ4n) is 1.81. The van der Waals surface area contributed by atoms with Crippen LogP contribution in [-0.2, 0) is 14.3 Å². The number of hydrogen-bond acceptors (Lipinski definition) is 3. The Labute approximate surface area is 110 Å². The van der Waals surface area contributed by atoms with Crippen LogP contribution in [-0.4, -0.2) is 31.1 Å². The Hall–Kier alpha value is -1.95. The van der Waals surface area contributed by atoms with Gasteiger partial charge in [0.2, 0.25) is 0 Å². The summed E-state index contributed by atoms with van der Waals surface area (Å²) in [5.74, 6) is -1.90. The second-order valence-corrected chi connectivity index (χ2v) is 4.31. The minimum Gasteiger partial charge on any atom is -0.376 e. The van der Waals surface area contributed by atoms with Gasteiger partial charge in [-0.1, -0.05) is 0 Å². The summed E-state index contributed by atoms with van der Waals surface area (Å²) in [4.78, 5) is 23.1. The fraction of sp³-hybridized carbons (Fsp3) is 0.385. The molecule has 5 nitrogen and oxygen atoms in total. The van der Waals surface area contributed by atoms with Crippen LogP contribution in [0.5, 0.6) is 0 Å². The Balaban J connectivity index is 1.78. The molecule has 1 aromatic carbocycles. The molecule has 1 aromatic rings. The molecule has 1 saturated heterocycles. The van der Waals surface area contributed by atoms with Crippen LogP contribution in [0, 0.1) is 5.82 Å². The molecule has 0 spiro atoms. The first-order chi connectivity index (χ1) is 9.15. The first-order valence-corrected chi connectivity index (χ1v) is 6.11. The summed E-state index contributed by atoms with van der Waals surface area (Å²) in [6.07, 6.45) is 1.85. The Kier molecular flexibility index (Phi) is 4.46. The zero-order valence-corrected chi connectivity index (χ0v) is 10.3. The van der Waals surface area contributed by atoms with Crippen LogP contribution in [0.15, 0.2) is 24.3 Å². The largest absolute Gasteiger partial charge is 0.376 e. The second kappa shape index (κ2) is 6.29. The van der Waals surface area contributed by atoms with Crippen LogP contribution in [0.3, 0.4) is 0 Å². The van der Waals surface area contributed by atoms with Gasteiger partial charge in [-0.25, -0.2) is 4.39 Å². The summed E-state index contributed by atoms with van der Waals surface area (Å²) < 4.78 is 18.0. The predicted molar refractivity (Wildman–Crippen MR) is 67.0 cm³/mol. The van der Waals surface area contributed by atoms with E-state index >= 15 is 0 Å². The maximum absolute atomic E-state index is 12.7. The predicted octanol–water partition coefficient (Wildman–Crippen LogP) is 1.06. The summed E-state index contributed by atoms with van der Waals surface area (Å²) >= 11 is 0. The highest BCUT2D eigenvalue weighted by molar-refractivity contribution is 6.39. The van der Waals surface area contributed by atoms with Gasteiger partial charge in [0.15, 0.2) is 0 Å². The van der Waals surface area contributed by atoms with Crippen LogP contribution < -0.4 is 10.6 Å². The van der Waals surface area contributed by atoms with Gasteiger partial charge in [0, 0.05) is 18.8 Å². The van der Waals surface area contributed by atoms with Gasteiger partial charge in [-0.3, -0.25) is 9.59 Å². The van der Waals surface area contributed by atoms with Crippen molar-refractivity contribution < 1.29 is 18.7 Å². The van der Waals surface area contributed by atoms with E-state index in [4.69, 9.17) is 4.74 Å². The standard InChI is InChI=1S/C13H15FN2O3/c14-9-3-5-10(6-4-9)16-13(18)12(17)15-8-11-2-1-7-19-11/h3-6,11H,1-2,7-8H2,(H,15,17)(H,16,18). The minimum atomic E-state index is -0.774. The van der Waals surface area contributed by atoms with Crippen molar-refractivity contribution in [1.29, 1.82) is 0 Å². The maximum Gasteiger partial charge on any atom is 0.313 e. The first-order valence-electron chi connectivity index (χ1n) is 6.11. The zero-order chi connectivity index (χ0) is 13.7. The number of carbonyl (C=O) groups excluding carboxylic acids is 2.